The summed E-state index contributed by atoms with van der Waals surface area (Å²) in [7, 11) is -3.48. The van der Waals surface area contributed by atoms with E-state index in [1.165, 1.54) is 0 Å². The molecule has 1 fully saturated rings. The minimum absolute atomic E-state index is 0.0366. The molecule has 1 aliphatic rings. The van der Waals surface area contributed by atoms with Crippen LogP contribution in [0.5, 0.6) is 0 Å². The van der Waals surface area contributed by atoms with Crippen LogP contribution in [0.1, 0.15) is 18.4 Å². The van der Waals surface area contributed by atoms with Crippen LogP contribution in [0, 0.1) is 12.3 Å². The highest BCUT2D eigenvalue weighted by Crippen LogP contribution is 2.44. The third-order valence-electron chi connectivity index (χ3n) is 3.37. The molecule has 0 aliphatic heterocycles. The van der Waals surface area contributed by atoms with Crippen LogP contribution in [0.2, 0.25) is 0 Å². The van der Waals surface area contributed by atoms with E-state index in [2.05, 4.69) is 20.7 Å². The SMILES string of the molecule is Cc1cc(S(=O)(=O)NCC2(CO)CC2)ccc1Br. The summed E-state index contributed by atoms with van der Waals surface area (Å²) < 4.78 is 27.6. The number of sulfonamides is 1. The quantitative estimate of drug-likeness (QED) is 0.863. The maximum Gasteiger partial charge on any atom is 0.240 e. The molecule has 1 aromatic rings. The lowest BCUT2D eigenvalue weighted by Gasteiger charge is -2.13. The number of rotatable bonds is 5. The van der Waals surface area contributed by atoms with Crippen LogP contribution in [0.3, 0.4) is 0 Å². The number of nitrogens with one attached hydrogen (secondary N) is 1. The molecule has 4 nitrogen and oxygen atoms in total. The van der Waals surface area contributed by atoms with Gasteiger partial charge in [0.2, 0.25) is 10.0 Å². The van der Waals surface area contributed by atoms with Gasteiger partial charge in [0.1, 0.15) is 0 Å². The summed E-state index contributed by atoms with van der Waals surface area (Å²) in [6, 6.07) is 4.92. The average molecular weight is 334 g/mol. The molecule has 0 amide bonds. The predicted molar refractivity (Wildman–Crippen MR) is 72.8 cm³/mol. The highest BCUT2D eigenvalue weighted by molar-refractivity contribution is 9.10. The molecule has 1 aromatic carbocycles. The van der Waals surface area contributed by atoms with Crippen molar-refractivity contribution in [1.82, 2.24) is 4.72 Å². The lowest BCUT2D eigenvalue weighted by Crippen LogP contribution is -2.31. The van der Waals surface area contributed by atoms with Gasteiger partial charge in [0.05, 0.1) is 4.90 Å². The number of aryl methyl sites for hydroxylation is 1. The average Bonchev–Trinajstić information content (AvgIpc) is 3.11. The first-order valence-corrected chi connectivity index (χ1v) is 8.03. The Morgan fingerprint density at radius 2 is 2.11 bits per heavy atom. The molecule has 100 valence electrons. The summed E-state index contributed by atoms with van der Waals surface area (Å²) in [6.07, 6.45) is 1.76. The number of halogens is 1. The third-order valence-corrected chi connectivity index (χ3v) is 5.66. The molecule has 0 radical (unpaired) electrons. The molecule has 1 saturated carbocycles. The fourth-order valence-electron chi connectivity index (χ4n) is 1.68. The maximum atomic E-state index is 12.1. The van der Waals surface area contributed by atoms with Crippen molar-refractivity contribution in [3.8, 4) is 0 Å². The highest BCUT2D eigenvalue weighted by Gasteiger charge is 2.42. The van der Waals surface area contributed by atoms with Crippen molar-refractivity contribution in [3.05, 3.63) is 28.2 Å². The van der Waals surface area contributed by atoms with Gasteiger partial charge >= 0.3 is 0 Å². The molecule has 0 heterocycles. The minimum atomic E-state index is -3.48. The van der Waals surface area contributed by atoms with Crippen molar-refractivity contribution >= 4 is 26.0 Å². The molecular weight excluding hydrogens is 318 g/mol. The number of benzene rings is 1. The second-order valence-corrected chi connectivity index (χ2v) is 7.51. The van der Waals surface area contributed by atoms with Gasteiger partial charge in [-0.1, -0.05) is 15.9 Å². The normalized spacial score (nSPS) is 17.7. The van der Waals surface area contributed by atoms with Crippen molar-refractivity contribution in [2.75, 3.05) is 13.2 Å². The van der Waals surface area contributed by atoms with Gasteiger partial charge < -0.3 is 5.11 Å². The van der Waals surface area contributed by atoms with Crippen molar-refractivity contribution in [2.24, 2.45) is 5.41 Å². The summed E-state index contributed by atoms with van der Waals surface area (Å²) >= 11 is 3.34. The maximum absolute atomic E-state index is 12.1. The Balaban J connectivity index is 2.13. The Labute approximate surface area is 116 Å². The molecule has 18 heavy (non-hydrogen) atoms. The molecule has 0 spiro atoms. The first-order valence-electron chi connectivity index (χ1n) is 5.75. The third kappa shape index (κ3) is 2.93. The summed E-state index contributed by atoms with van der Waals surface area (Å²) in [5, 5.41) is 9.16. The Bertz CT molecular complexity index is 552. The van der Waals surface area contributed by atoms with E-state index in [-0.39, 0.29) is 16.9 Å². The minimum Gasteiger partial charge on any atom is -0.396 e. The van der Waals surface area contributed by atoms with E-state index in [0.717, 1.165) is 22.9 Å². The lowest BCUT2D eigenvalue weighted by atomic mass is 10.1. The van der Waals surface area contributed by atoms with Crippen LogP contribution in [-0.4, -0.2) is 26.7 Å². The summed E-state index contributed by atoms with van der Waals surface area (Å²) in [4.78, 5) is 0.261. The summed E-state index contributed by atoms with van der Waals surface area (Å²) in [6.45, 7) is 2.19. The van der Waals surface area contributed by atoms with Crippen LogP contribution in [0.15, 0.2) is 27.6 Å². The Morgan fingerprint density at radius 1 is 1.44 bits per heavy atom. The molecule has 6 heteroatoms. The van der Waals surface area contributed by atoms with Gasteiger partial charge in [-0.3, -0.25) is 0 Å². The smallest absolute Gasteiger partial charge is 0.240 e. The van der Waals surface area contributed by atoms with Gasteiger partial charge in [-0.2, -0.15) is 0 Å². The van der Waals surface area contributed by atoms with Crippen molar-refractivity contribution in [2.45, 2.75) is 24.7 Å². The summed E-state index contributed by atoms with van der Waals surface area (Å²) in [5.41, 5.74) is 0.651. The van der Waals surface area contributed by atoms with E-state index in [1.807, 2.05) is 6.92 Å². The molecule has 0 saturated heterocycles. The van der Waals surface area contributed by atoms with Gasteiger partial charge in [0.15, 0.2) is 0 Å². The molecule has 0 bridgehead atoms. The molecule has 0 aromatic heterocycles. The van der Waals surface area contributed by atoms with Crippen LogP contribution in [-0.2, 0) is 10.0 Å². The van der Waals surface area contributed by atoms with Crippen molar-refractivity contribution in [1.29, 1.82) is 0 Å². The van der Waals surface area contributed by atoms with Gasteiger partial charge in [0, 0.05) is 23.0 Å². The van der Waals surface area contributed by atoms with Gasteiger partial charge in [-0.25, -0.2) is 13.1 Å². The van der Waals surface area contributed by atoms with E-state index in [1.54, 1.807) is 18.2 Å². The van der Waals surface area contributed by atoms with Crippen molar-refractivity contribution in [3.63, 3.8) is 0 Å². The topological polar surface area (TPSA) is 66.4 Å². The highest BCUT2D eigenvalue weighted by atomic mass is 79.9. The molecule has 2 N–H and O–H groups in total. The lowest BCUT2D eigenvalue weighted by molar-refractivity contribution is 0.213. The van der Waals surface area contributed by atoms with E-state index < -0.39 is 10.0 Å². The van der Waals surface area contributed by atoms with E-state index >= 15 is 0 Å². The summed E-state index contributed by atoms with van der Waals surface area (Å²) in [5.74, 6) is 0. The second-order valence-electron chi connectivity index (χ2n) is 4.89. The number of aliphatic hydroxyl groups excluding tert-OH is 1. The standard InChI is InChI=1S/C12H16BrNO3S/c1-9-6-10(2-3-11(9)13)18(16,17)14-7-12(8-15)4-5-12/h2-3,6,14-15H,4-5,7-8H2,1H3. The van der Waals surface area contributed by atoms with Gasteiger partial charge in [0.25, 0.3) is 0 Å². The second kappa shape index (κ2) is 4.92. The Morgan fingerprint density at radius 3 is 2.61 bits per heavy atom. The Kier molecular flexibility index (Phi) is 3.82. The first-order chi connectivity index (χ1) is 8.38. The zero-order valence-corrected chi connectivity index (χ0v) is 12.5. The van der Waals surface area contributed by atoms with E-state index in [0.29, 0.717) is 6.54 Å². The zero-order chi connectivity index (χ0) is 13.4. The van der Waals surface area contributed by atoms with Crippen LogP contribution in [0.4, 0.5) is 0 Å². The van der Waals surface area contributed by atoms with Crippen LogP contribution in [0.25, 0.3) is 0 Å². The fourth-order valence-corrected chi connectivity index (χ4v) is 3.17. The number of aliphatic hydroxyl groups is 1. The number of hydrogen-bond acceptors (Lipinski definition) is 3. The predicted octanol–water partition coefficient (Wildman–Crippen LogP) is 1.81. The fraction of sp³-hybridized carbons (Fsp3) is 0.500. The molecule has 1 aliphatic carbocycles. The van der Waals surface area contributed by atoms with Gasteiger partial charge in [-0.05, 0) is 43.5 Å². The van der Waals surface area contributed by atoms with Crippen LogP contribution >= 0.6 is 15.9 Å². The monoisotopic (exact) mass is 333 g/mol. The molecule has 0 atom stereocenters. The van der Waals surface area contributed by atoms with E-state index in [4.69, 9.17) is 5.11 Å². The van der Waals surface area contributed by atoms with E-state index in [9.17, 15) is 8.42 Å². The first kappa shape index (κ1) is 14.0. The molecule has 0 unspecified atom stereocenters. The largest absolute Gasteiger partial charge is 0.396 e. The molecule has 2 rings (SSSR count). The molecular formula is C12H16BrNO3S. The zero-order valence-electron chi connectivity index (χ0n) is 10.1. The van der Waals surface area contributed by atoms with Gasteiger partial charge in [-0.15, -0.1) is 0 Å². The number of hydrogen-bond donors (Lipinski definition) is 2. The van der Waals surface area contributed by atoms with Crippen LogP contribution < -0.4 is 4.72 Å². The Hall–Kier alpha value is -0.430. The van der Waals surface area contributed by atoms with Crippen molar-refractivity contribution < 1.29 is 13.5 Å².